The van der Waals surface area contributed by atoms with Crippen molar-refractivity contribution in [1.29, 1.82) is 0 Å². The summed E-state index contributed by atoms with van der Waals surface area (Å²) in [4.78, 5) is 9.33. The topological polar surface area (TPSA) is 96.1 Å². The third-order valence-corrected chi connectivity index (χ3v) is 5.56. The van der Waals surface area contributed by atoms with E-state index in [4.69, 9.17) is 7.10 Å². The summed E-state index contributed by atoms with van der Waals surface area (Å²) in [5.74, 6) is 0.967. The summed E-state index contributed by atoms with van der Waals surface area (Å²) in [6.45, 7) is 4.02. The Hall–Kier alpha value is -2.35. The van der Waals surface area contributed by atoms with Gasteiger partial charge in [0.2, 0.25) is 0 Å². The Kier molecular flexibility index (Phi) is 5.19. The quantitative estimate of drug-likeness (QED) is 0.572. The molecular formula is C19H23N4O2S+. The van der Waals surface area contributed by atoms with Crippen LogP contribution in [0.25, 0.3) is 0 Å². The van der Waals surface area contributed by atoms with Gasteiger partial charge in [0.1, 0.15) is 11.6 Å². The Morgan fingerprint density at radius 3 is 2.69 bits per heavy atom. The summed E-state index contributed by atoms with van der Waals surface area (Å²) in [6, 6.07) is 8.87. The molecule has 26 heavy (non-hydrogen) atoms. The van der Waals surface area contributed by atoms with Gasteiger partial charge in [-0.2, -0.15) is 4.57 Å². The number of nitrogen functional groups attached to an aromatic ring is 1. The Bertz CT molecular complexity index is 944. The molecule has 0 radical (unpaired) electrons. The number of aliphatic hydroxyl groups is 2. The lowest BCUT2D eigenvalue weighted by Gasteiger charge is -2.08. The lowest BCUT2D eigenvalue weighted by atomic mass is 10.1. The highest BCUT2D eigenvalue weighted by atomic mass is 32.1. The summed E-state index contributed by atoms with van der Waals surface area (Å²) in [7, 11) is 0. The molecule has 3 rings (SSSR count). The maximum Gasteiger partial charge on any atom is 0.271 e. The molecule has 2 aromatic heterocycles. The number of hydrogen-bond donors (Lipinski definition) is 3. The van der Waals surface area contributed by atoms with Crippen molar-refractivity contribution in [2.75, 3.05) is 12.3 Å². The highest BCUT2D eigenvalue weighted by Gasteiger charge is 2.30. The molecular weight excluding hydrogens is 348 g/mol. The number of anilines is 1. The van der Waals surface area contributed by atoms with Crippen LogP contribution in [0, 0.1) is 13.8 Å². The smallest absolute Gasteiger partial charge is 0.271 e. The van der Waals surface area contributed by atoms with E-state index in [-0.39, 0.29) is 6.61 Å². The van der Waals surface area contributed by atoms with Crippen molar-refractivity contribution in [2.45, 2.75) is 32.9 Å². The van der Waals surface area contributed by atoms with Crippen LogP contribution < -0.4 is 10.3 Å². The number of aryl methyl sites for hydroxylation is 1. The molecule has 4 N–H and O–H groups in total. The Balaban J connectivity index is 2.12. The van der Waals surface area contributed by atoms with Gasteiger partial charge in [-0.15, -0.1) is 0 Å². The number of hydrogen-bond acceptors (Lipinski definition) is 6. The molecule has 0 spiro atoms. The van der Waals surface area contributed by atoms with Gasteiger partial charge >= 0.3 is 0 Å². The zero-order valence-corrected chi connectivity index (χ0v) is 15.6. The highest BCUT2D eigenvalue weighted by molar-refractivity contribution is 7.11. The van der Waals surface area contributed by atoms with E-state index in [0.717, 1.165) is 10.6 Å². The molecule has 0 aliphatic heterocycles. The average Bonchev–Trinajstić information content (AvgIpc) is 2.95. The molecule has 3 aromatic rings. The van der Waals surface area contributed by atoms with Gasteiger partial charge in [0.25, 0.3) is 5.01 Å². The molecule has 0 aliphatic carbocycles. The summed E-state index contributed by atoms with van der Waals surface area (Å²) < 4.78 is 10.5. The van der Waals surface area contributed by atoms with Crippen LogP contribution in [0.5, 0.6) is 0 Å². The largest absolute Gasteiger partial charge is 0.396 e. The van der Waals surface area contributed by atoms with Gasteiger partial charge in [-0.3, -0.25) is 0 Å². The highest BCUT2D eigenvalue weighted by Crippen LogP contribution is 2.28. The molecule has 1 atom stereocenters. The van der Waals surface area contributed by atoms with E-state index >= 15 is 0 Å². The predicted molar refractivity (Wildman–Crippen MR) is 101 cm³/mol. The van der Waals surface area contributed by atoms with Crippen molar-refractivity contribution in [3.8, 4) is 0 Å². The maximum absolute atomic E-state index is 11.1. The molecule has 0 aliphatic rings. The number of benzene rings is 1. The zero-order valence-electron chi connectivity index (χ0n) is 15.8. The van der Waals surface area contributed by atoms with Crippen LogP contribution in [0.15, 0.2) is 36.5 Å². The van der Waals surface area contributed by atoms with Crippen molar-refractivity contribution >= 4 is 17.2 Å². The van der Waals surface area contributed by atoms with Crippen LogP contribution in [0.3, 0.4) is 0 Å². The fraction of sp³-hybridized carbons (Fsp3) is 0.316. The first-order chi connectivity index (χ1) is 12.8. The number of aliphatic hydroxyl groups excluding tert-OH is 1. The van der Waals surface area contributed by atoms with E-state index in [9.17, 15) is 10.2 Å². The van der Waals surface area contributed by atoms with Crippen LogP contribution in [0.2, 0.25) is 0 Å². The Morgan fingerprint density at radius 1 is 1.31 bits per heavy atom. The van der Waals surface area contributed by atoms with E-state index < -0.39 is 6.08 Å². The predicted octanol–water partition coefficient (Wildman–Crippen LogP) is 1.69. The molecule has 0 amide bonds. The first kappa shape index (κ1) is 17.1. The SMILES string of the molecule is [3H]C(O)(c1ccccc1)c1sc(CCO)c(C)[n+]1Cc1cnc(C)nc1N. The molecule has 136 valence electrons. The van der Waals surface area contributed by atoms with Crippen LogP contribution in [-0.2, 0) is 13.0 Å². The van der Waals surface area contributed by atoms with Crippen molar-refractivity contribution in [3.05, 3.63) is 69.1 Å². The van der Waals surface area contributed by atoms with Gasteiger partial charge in [0.05, 0.1) is 11.8 Å². The van der Waals surface area contributed by atoms with Crippen molar-refractivity contribution in [2.24, 2.45) is 0 Å². The van der Waals surface area contributed by atoms with Crippen molar-refractivity contribution < 1.29 is 16.2 Å². The molecule has 7 heteroatoms. The normalized spacial score (nSPS) is 14.1. The number of rotatable bonds is 6. The minimum atomic E-state index is -1.93. The van der Waals surface area contributed by atoms with Gasteiger partial charge in [-0.25, -0.2) is 9.97 Å². The average molecular weight is 373 g/mol. The maximum atomic E-state index is 11.1. The standard InChI is InChI=1S/C19H23N4O2S/c1-12-16(8-9-24)26-19(17(25)14-6-4-3-5-7-14)23(12)11-15-10-21-13(2)22-18(15)20/h3-7,10,17,24-25H,8-9,11H2,1-2H3,(H2,20,21,22)/q+1/i17T. The first-order valence-corrected chi connectivity index (χ1v) is 9.15. The lowest BCUT2D eigenvalue weighted by molar-refractivity contribution is -0.699. The summed E-state index contributed by atoms with van der Waals surface area (Å²) in [5, 5.41) is 20.9. The zero-order chi connectivity index (χ0) is 19.6. The molecule has 0 saturated carbocycles. The summed E-state index contributed by atoms with van der Waals surface area (Å²) >= 11 is 1.32. The number of thiazole rings is 1. The van der Waals surface area contributed by atoms with Gasteiger partial charge in [0, 0.05) is 26.1 Å². The first-order valence-electron chi connectivity index (χ1n) is 8.84. The molecule has 0 bridgehead atoms. The molecule has 0 saturated heterocycles. The van der Waals surface area contributed by atoms with Crippen molar-refractivity contribution in [1.82, 2.24) is 9.97 Å². The number of nitrogens with zero attached hydrogens (tertiary/aromatic N) is 3. The molecule has 1 unspecified atom stereocenters. The third kappa shape index (κ3) is 3.75. The monoisotopic (exact) mass is 373 g/mol. The van der Waals surface area contributed by atoms with E-state index in [1.807, 2.05) is 17.6 Å². The molecule has 1 aromatic carbocycles. The van der Waals surface area contributed by atoms with Crippen molar-refractivity contribution in [3.63, 3.8) is 0 Å². The van der Waals surface area contributed by atoms with Gasteiger partial charge in [-0.05, 0) is 12.5 Å². The fourth-order valence-electron chi connectivity index (χ4n) is 2.77. The fourth-order valence-corrected chi connectivity index (χ4v) is 3.98. The summed E-state index contributed by atoms with van der Waals surface area (Å²) in [5.41, 5.74) is 8.12. The van der Waals surface area contributed by atoms with E-state index in [0.29, 0.717) is 40.7 Å². The molecule has 0 fully saturated rings. The second kappa shape index (κ2) is 7.90. The second-order valence-corrected chi connectivity index (χ2v) is 7.10. The van der Waals surface area contributed by atoms with Gasteiger partial charge in [0.15, 0.2) is 18.3 Å². The molecule has 6 nitrogen and oxygen atoms in total. The lowest BCUT2D eigenvalue weighted by Crippen LogP contribution is -2.41. The minimum Gasteiger partial charge on any atom is -0.396 e. The van der Waals surface area contributed by atoms with Crippen LogP contribution in [0.1, 0.15) is 40.0 Å². The molecule has 2 heterocycles. The number of nitrogens with two attached hydrogens (primary N) is 1. The minimum absolute atomic E-state index is 0.00165. The third-order valence-electron chi connectivity index (χ3n) is 4.21. The van der Waals surface area contributed by atoms with Gasteiger partial charge in [-0.1, -0.05) is 41.7 Å². The van der Waals surface area contributed by atoms with Crippen LogP contribution in [-0.4, -0.2) is 26.8 Å². The Labute approximate surface area is 158 Å². The second-order valence-electron chi connectivity index (χ2n) is 6.02. The van der Waals surface area contributed by atoms with E-state index in [1.54, 1.807) is 37.4 Å². The van der Waals surface area contributed by atoms with Crippen LogP contribution >= 0.6 is 11.3 Å². The van der Waals surface area contributed by atoms with Gasteiger partial charge < -0.3 is 15.9 Å². The van der Waals surface area contributed by atoms with Crippen LogP contribution in [0.4, 0.5) is 5.82 Å². The van der Waals surface area contributed by atoms with E-state index in [2.05, 4.69) is 9.97 Å². The Morgan fingerprint density at radius 2 is 2.04 bits per heavy atom. The number of aromatic nitrogens is 3. The summed E-state index contributed by atoms with van der Waals surface area (Å²) in [6.07, 6.45) is 0.203. The van der Waals surface area contributed by atoms with E-state index in [1.165, 1.54) is 11.3 Å².